The van der Waals surface area contributed by atoms with E-state index in [4.69, 9.17) is 16.6 Å². The number of nitrogens with zero attached hydrogens (tertiary/aromatic N) is 1. The number of imidazole rings is 1. The number of para-hydroxylation sites is 1. The van der Waals surface area contributed by atoms with Crippen LogP contribution in [0.3, 0.4) is 0 Å². The number of benzene rings is 1. The summed E-state index contributed by atoms with van der Waals surface area (Å²) in [5, 5.41) is 26.3. The number of nitrogens with one attached hydrogen (secondary N) is 5. The molecule has 1 aromatic carbocycles. The number of rotatable bonds is 16. The van der Waals surface area contributed by atoms with Gasteiger partial charge in [0.05, 0.1) is 18.8 Å². The Morgan fingerprint density at radius 2 is 1.55 bits per heavy atom. The van der Waals surface area contributed by atoms with Crippen LogP contribution in [-0.4, -0.2) is 84.9 Å². The number of aliphatic carboxylic acids is 2. The van der Waals surface area contributed by atoms with Gasteiger partial charge in [-0.1, -0.05) is 18.2 Å². The van der Waals surface area contributed by atoms with Crippen molar-refractivity contribution in [1.29, 1.82) is 0 Å². The van der Waals surface area contributed by atoms with E-state index in [9.17, 15) is 33.9 Å². The first-order valence-corrected chi connectivity index (χ1v) is 12.9. The lowest BCUT2D eigenvalue weighted by Gasteiger charge is -2.25. The number of H-pyrrole nitrogens is 2. The molecule has 4 unspecified atom stereocenters. The minimum atomic E-state index is -1.77. The van der Waals surface area contributed by atoms with Crippen molar-refractivity contribution in [2.24, 2.45) is 11.5 Å². The summed E-state index contributed by atoms with van der Waals surface area (Å²) < 4.78 is 0. The Bertz CT molecular complexity index is 1440. The molecule has 4 amide bonds. The number of fused-ring (bicyclic) bond motifs is 1. The Morgan fingerprint density at radius 1 is 0.881 bits per heavy atom. The molecular formula is C26H32N8O8. The van der Waals surface area contributed by atoms with Gasteiger partial charge in [0.25, 0.3) is 0 Å². The number of carbonyl (C=O) groups excluding carboxylic acids is 4. The topological polar surface area (TPSA) is 275 Å². The maximum atomic E-state index is 13.4. The molecule has 0 radical (unpaired) electrons. The normalized spacial score (nSPS) is 13.8. The van der Waals surface area contributed by atoms with E-state index in [0.717, 1.165) is 10.9 Å². The van der Waals surface area contributed by atoms with Crippen molar-refractivity contribution in [2.75, 3.05) is 0 Å². The molecule has 0 saturated heterocycles. The van der Waals surface area contributed by atoms with Crippen LogP contribution in [0.2, 0.25) is 0 Å². The predicted octanol–water partition coefficient (Wildman–Crippen LogP) is -1.72. The Balaban J connectivity index is 1.83. The molecule has 0 aliphatic heterocycles. The Hall–Kier alpha value is -5.25. The van der Waals surface area contributed by atoms with Crippen molar-refractivity contribution in [3.05, 3.63) is 54.2 Å². The smallest absolute Gasteiger partial charge is 0.326 e. The van der Waals surface area contributed by atoms with Gasteiger partial charge in [-0.2, -0.15) is 0 Å². The maximum Gasteiger partial charge on any atom is 0.326 e. The maximum absolute atomic E-state index is 13.4. The van der Waals surface area contributed by atoms with Gasteiger partial charge >= 0.3 is 11.9 Å². The number of primary amides is 1. The Kier molecular flexibility index (Phi) is 10.7. The van der Waals surface area contributed by atoms with Gasteiger partial charge < -0.3 is 47.6 Å². The molecule has 42 heavy (non-hydrogen) atoms. The van der Waals surface area contributed by atoms with Crippen molar-refractivity contribution in [1.82, 2.24) is 30.9 Å². The summed E-state index contributed by atoms with van der Waals surface area (Å²) in [5.74, 6) is -6.35. The monoisotopic (exact) mass is 584 g/mol. The summed E-state index contributed by atoms with van der Waals surface area (Å²) in [6.07, 6.45) is 3.04. The predicted molar refractivity (Wildman–Crippen MR) is 146 cm³/mol. The summed E-state index contributed by atoms with van der Waals surface area (Å²) in [6.45, 7) is 0. The van der Waals surface area contributed by atoms with Crippen molar-refractivity contribution in [3.63, 3.8) is 0 Å². The SMILES string of the molecule is NC(=O)CCC(NC(=O)C(N)Cc1cnc[nH]1)C(=O)NC(Cc1c[nH]c2ccccc12)C(=O)NC(CC(=O)O)C(=O)O. The number of carboxylic acid groups (broad SMARTS) is 2. The second kappa shape index (κ2) is 14.4. The molecule has 0 saturated carbocycles. The van der Waals surface area contributed by atoms with Crippen LogP contribution in [-0.2, 0) is 41.6 Å². The van der Waals surface area contributed by atoms with Crippen molar-refractivity contribution >= 4 is 46.5 Å². The summed E-state index contributed by atoms with van der Waals surface area (Å²) in [6, 6.07) is 1.52. The van der Waals surface area contributed by atoms with E-state index < -0.39 is 66.2 Å². The Morgan fingerprint density at radius 3 is 2.19 bits per heavy atom. The standard InChI is InChI=1S/C26H32N8O8/c27-16(8-14-11-29-12-31-14)23(38)32-18(5-6-21(28)35)24(39)33-19(25(40)34-20(26(41)42)9-22(36)37)7-13-10-30-17-4-2-1-3-15(13)17/h1-4,10-12,16,18-20,30H,5-9,27H2,(H2,28,35)(H,29,31)(H,32,38)(H,33,39)(H,34,40)(H,36,37)(H,41,42). The van der Waals surface area contributed by atoms with Crippen LogP contribution in [0.4, 0.5) is 0 Å². The average molecular weight is 585 g/mol. The summed E-state index contributed by atoms with van der Waals surface area (Å²) in [4.78, 5) is 83.3. The number of hydrogen-bond acceptors (Lipinski definition) is 8. The number of aromatic nitrogens is 3. The molecule has 2 heterocycles. The highest BCUT2D eigenvalue weighted by Crippen LogP contribution is 2.19. The summed E-state index contributed by atoms with van der Waals surface area (Å²) in [5.41, 5.74) is 13.1. The highest BCUT2D eigenvalue weighted by Gasteiger charge is 2.32. The molecule has 16 nitrogen and oxygen atoms in total. The quantitative estimate of drug-likeness (QED) is 0.0918. The molecule has 0 aliphatic carbocycles. The molecule has 3 rings (SSSR count). The second-order valence-electron chi connectivity index (χ2n) is 9.58. The fourth-order valence-electron chi connectivity index (χ4n) is 4.21. The third-order valence-electron chi connectivity index (χ3n) is 6.37. The molecule has 16 heteroatoms. The van der Waals surface area contributed by atoms with Crippen LogP contribution in [0.1, 0.15) is 30.5 Å². The fourth-order valence-corrected chi connectivity index (χ4v) is 4.21. The zero-order chi connectivity index (χ0) is 30.8. The van der Waals surface area contributed by atoms with Crippen molar-refractivity contribution in [3.8, 4) is 0 Å². The van der Waals surface area contributed by atoms with Gasteiger partial charge in [-0.25, -0.2) is 9.78 Å². The largest absolute Gasteiger partial charge is 0.481 e. The molecule has 0 spiro atoms. The van der Waals surface area contributed by atoms with E-state index in [0.29, 0.717) is 11.3 Å². The van der Waals surface area contributed by atoms with E-state index in [2.05, 4.69) is 30.9 Å². The minimum Gasteiger partial charge on any atom is -0.481 e. The molecule has 4 atom stereocenters. The molecular weight excluding hydrogens is 552 g/mol. The molecule has 0 bridgehead atoms. The van der Waals surface area contributed by atoms with Gasteiger partial charge in [0.15, 0.2) is 0 Å². The zero-order valence-electron chi connectivity index (χ0n) is 22.3. The molecule has 11 N–H and O–H groups in total. The van der Waals surface area contributed by atoms with E-state index in [1.165, 1.54) is 12.5 Å². The van der Waals surface area contributed by atoms with Crippen LogP contribution in [0, 0.1) is 0 Å². The van der Waals surface area contributed by atoms with Crippen molar-refractivity contribution in [2.45, 2.75) is 56.3 Å². The van der Waals surface area contributed by atoms with Crippen molar-refractivity contribution < 1.29 is 39.0 Å². The van der Waals surface area contributed by atoms with E-state index >= 15 is 0 Å². The summed E-state index contributed by atoms with van der Waals surface area (Å²) >= 11 is 0. The minimum absolute atomic E-state index is 0.0712. The number of amides is 4. The average Bonchev–Trinajstić information content (AvgIpc) is 3.59. The number of aromatic amines is 2. The van der Waals surface area contributed by atoms with Gasteiger partial charge in [0, 0.05) is 48.3 Å². The molecule has 224 valence electrons. The number of carbonyl (C=O) groups is 6. The first-order valence-electron chi connectivity index (χ1n) is 12.9. The van der Waals surface area contributed by atoms with Crippen LogP contribution >= 0.6 is 0 Å². The molecule has 0 fully saturated rings. The van der Waals surface area contributed by atoms with E-state index in [-0.39, 0.29) is 25.7 Å². The zero-order valence-corrected chi connectivity index (χ0v) is 22.3. The lowest BCUT2D eigenvalue weighted by atomic mass is 10.0. The second-order valence-corrected chi connectivity index (χ2v) is 9.58. The van der Waals surface area contributed by atoms with E-state index in [1.807, 2.05) is 0 Å². The van der Waals surface area contributed by atoms with Gasteiger partial charge in [0.2, 0.25) is 23.6 Å². The van der Waals surface area contributed by atoms with Crippen LogP contribution in [0.15, 0.2) is 43.0 Å². The van der Waals surface area contributed by atoms with Gasteiger partial charge in [-0.05, 0) is 18.1 Å². The van der Waals surface area contributed by atoms with Gasteiger partial charge in [0.1, 0.15) is 18.1 Å². The number of hydrogen-bond donors (Lipinski definition) is 9. The number of nitrogens with two attached hydrogens (primary N) is 2. The lowest BCUT2D eigenvalue weighted by molar-refractivity contribution is -0.147. The molecule has 2 aromatic heterocycles. The van der Waals surface area contributed by atoms with Gasteiger partial charge in [-0.3, -0.25) is 24.0 Å². The highest BCUT2D eigenvalue weighted by atomic mass is 16.4. The molecule has 3 aromatic rings. The third kappa shape index (κ3) is 8.88. The van der Waals surface area contributed by atoms with Crippen LogP contribution in [0.5, 0.6) is 0 Å². The van der Waals surface area contributed by atoms with E-state index in [1.54, 1.807) is 30.5 Å². The van der Waals surface area contributed by atoms with Crippen LogP contribution < -0.4 is 27.4 Å². The van der Waals surface area contributed by atoms with Gasteiger partial charge in [-0.15, -0.1) is 0 Å². The number of carboxylic acids is 2. The lowest BCUT2D eigenvalue weighted by Crippen LogP contribution is -2.58. The molecule has 0 aliphatic rings. The third-order valence-corrected chi connectivity index (χ3v) is 6.37. The fraction of sp³-hybridized carbons (Fsp3) is 0.346. The highest BCUT2D eigenvalue weighted by molar-refractivity contribution is 5.95. The first kappa shape index (κ1) is 31.3. The Labute approximate surface area is 238 Å². The first-order chi connectivity index (χ1) is 19.9. The van der Waals surface area contributed by atoms with Crippen LogP contribution in [0.25, 0.3) is 10.9 Å². The summed E-state index contributed by atoms with van der Waals surface area (Å²) in [7, 11) is 0.